The summed E-state index contributed by atoms with van der Waals surface area (Å²) in [6.07, 6.45) is 1.62. The minimum Gasteiger partial charge on any atom is -0.366 e. The zero-order chi connectivity index (χ0) is 14.5. The zero-order valence-electron chi connectivity index (χ0n) is 10.7. The summed E-state index contributed by atoms with van der Waals surface area (Å²) >= 11 is 2.55. The topological polar surface area (TPSA) is 103 Å². The maximum atomic E-state index is 11.8. The van der Waals surface area contributed by atoms with E-state index >= 15 is 0 Å². The molecule has 9 heteroatoms. The lowest BCUT2D eigenvalue weighted by molar-refractivity contribution is -0.113. The molecule has 0 fully saturated rings. The van der Waals surface area contributed by atoms with Gasteiger partial charge in [-0.3, -0.25) is 9.59 Å². The van der Waals surface area contributed by atoms with Crippen molar-refractivity contribution in [1.82, 2.24) is 14.8 Å². The number of nitrogens with one attached hydrogen (secondary N) is 1. The average molecular weight is 311 g/mol. The fourth-order valence-electron chi connectivity index (χ4n) is 1.47. The number of hydrogen-bond donors (Lipinski definition) is 2. The molecule has 0 saturated carbocycles. The summed E-state index contributed by atoms with van der Waals surface area (Å²) in [4.78, 5) is 23.0. The second-order valence-electron chi connectivity index (χ2n) is 3.76. The van der Waals surface area contributed by atoms with Gasteiger partial charge in [0.05, 0.1) is 11.3 Å². The molecule has 0 aliphatic rings. The van der Waals surface area contributed by atoms with E-state index in [-0.39, 0.29) is 11.7 Å². The molecule has 20 heavy (non-hydrogen) atoms. The van der Waals surface area contributed by atoms with E-state index in [1.807, 2.05) is 11.5 Å². The van der Waals surface area contributed by atoms with Gasteiger partial charge in [0.2, 0.25) is 5.91 Å². The number of amides is 2. The third-order valence-electron chi connectivity index (χ3n) is 2.44. The van der Waals surface area contributed by atoms with E-state index in [0.717, 1.165) is 6.54 Å². The summed E-state index contributed by atoms with van der Waals surface area (Å²) in [5.41, 5.74) is 5.54. The molecular formula is C11H13N5O2S2. The number of carbonyl (C=O) groups excluding carboxylic acids is 2. The van der Waals surface area contributed by atoms with Crippen molar-refractivity contribution < 1.29 is 9.59 Å². The normalized spacial score (nSPS) is 10.4. The first-order valence-corrected chi connectivity index (χ1v) is 7.66. The van der Waals surface area contributed by atoms with Crippen LogP contribution in [0.5, 0.6) is 0 Å². The Kier molecular flexibility index (Phi) is 4.74. The Balaban J connectivity index is 1.93. The van der Waals surface area contributed by atoms with Gasteiger partial charge in [-0.25, -0.2) is 0 Å². The zero-order valence-corrected chi connectivity index (χ0v) is 12.3. The number of rotatable bonds is 6. The van der Waals surface area contributed by atoms with Gasteiger partial charge in [-0.05, 0) is 18.4 Å². The Morgan fingerprint density at radius 1 is 1.55 bits per heavy atom. The summed E-state index contributed by atoms with van der Waals surface area (Å²) in [6.45, 7) is 2.71. The first-order valence-electron chi connectivity index (χ1n) is 5.79. The first-order chi connectivity index (χ1) is 9.61. The fourth-order valence-corrected chi connectivity index (χ4v) is 3.05. The van der Waals surface area contributed by atoms with E-state index in [9.17, 15) is 9.59 Å². The Morgan fingerprint density at radius 3 is 3.05 bits per heavy atom. The highest BCUT2D eigenvalue weighted by Crippen LogP contribution is 2.23. The highest BCUT2D eigenvalue weighted by atomic mass is 32.2. The van der Waals surface area contributed by atoms with E-state index in [1.165, 1.54) is 23.1 Å². The highest BCUT2D eigenvalue weighted by molar-refractivity contribution is 7.99. The van der Waals surface area contributed by atoms with Crippen LogP contribution in [0.2, 0.25) is 0 Å². The van der Waals surface area contributed by atoms with E-state index < -0.39 is 5.91 Å². The molecule has 2 aromatic heterocycles. The molecule has 0 spiro atoms. The average Bonchev–Trinajstić information content (AvgIpc) is 3.04. The van der Waals surface area contributed by atoms with Gasteiger partial charge in [0.1, 0.15) is 11.3 Å². The smallest absolute Gasteiger partial charge is 0.251 e. The van der Waals surface area contributed by atoms with Gasteiger partial charge < -0.3 is 15.6 Å². The molecular weight excluding hydrogens is 298 g/mol. The van der Waals surface area contributed by atoms with Crippen LogP contribution >= 0.6 is 23.1 Å². The number of aromatic nitrogens is 3. The molecule has 0 bridgehead atoms. The summed E-state index contributed by atoms with van der Waals surface area (Å²) < 4.78 is 1.85. The number of primary amides is 1. The van der Waals surface area contributed by atoms with Crippen molar-refractivity contribution in [2.75, 3.05) is 11.1 Å². The van der Waals surface area contributed by atoms with E-state index in [1.54, 1.807) is 17.8 Å². The number of thioether (sulfide) groups is 1. The largest absolute Gasteiger partial charge is 0.366 e. The van der Waals surface area contributed by atoms with Gasteiger partial charge in [-0.2, -0.15) is 0 Å². The lowest BCUT2D eigenvalue weighted by Crippen LogP contribution is -2.18. The van der Waals surface area contributed by atoms with Crippen molar-refractivity contribution in [1.29, 1.82) is 0 Å². The second-order valence-corrected chi connectivity index (χ2v) is 5.62. The third-order valence-corrected chi connectivity index (χ3v) is 4.25. The predicted octanol–water partition coefficient (Wildman–Crippen LogP) is 1.19. The Morgan fingerprint density at radius 2 is 2.35 bits per heavy atom. The molecule has 0 unspecified atom stereocenters. The fraction of sp³-hybridized carbons (Fsp3) is 0.273. The van der Waals surface area contributed by atoms with Gasteiger partial charge in [0, 0.05) is 6.54 Å². The first kappa shape index (κ1) is 14.5. The number of hydrogen-bond acceptors (Lipinski definition) is 6. The van der Waals surface area contributed by atoms with Crippen molar-refractivity contribution in [2.45, 2.75) is 18.6 Å². The minimum absolute atomic E-state index is 0.189. The predicted molar refractivity (Wildman–Crippen MR) is 77.9 cm³/mol. The van der Waals surface area contributed by atoms with Crippen molar-refractivity contribution in [2.24, 2.45) is 5.73 Å². The molecule has 0 aromatic carbocycles. The Labute approximate surface area is 123 Å². The van der Waals surface area contributed by atoms with Crippen LogP contribution in [0.4, 0.5) is 5.00 Å². The lowest BCUT2D eigenvalue weighted by atomic mass is 10.3. The van der Waals surface area contributed by atoms with Crippen molar-refractivity contribution in [3.05, 3.63) is 23.3 Å². The van der Waals surface area contributed by atoms with Crippen molar-refractivity contribution in [3.8, 4) is 0 Å². The molecule has 7 nitrogen and oxygen atoms in total. The molecule has 2 amide bonds. The van der Waals surface area contributed by atoms with Crippen LogP contribution in [0.25, 0.3) is 0 Å². The van der Waals surface area contributed by atoms with E-state index in [2.05, 4.69) is 15.5 Å². The van der Waals surface area contributed by atoms with Crippen LogP contribution in [0, 0.1) is 0 Å². The quantitative estimate of drug-likeness (QED) is 0.780. The maximum Gasteiger partial charge on any atom is 0.251 e. The third kappa shape index (κ3) is 3.36. The Bertz CT molecular complexity index is 622. The molecule has 2 heterocycles. The standard InChI is InChI=1S/C11H13N5O2S2/c1-2-16-6-13-15-11(16)20-5-8(17)14-10-7(9(12)18)3-4-19-10/h3-4,6H,2,5H2,1H3,(H2,12,18)(H,14,17). The number of aryl methyl sites for hydroxylation is 1. The monoisotopic (exact) mass is 311 g/mol. The lowest BCUT2D eigenvalue weighted by Gasteiger charge is -2.05. The number of anilines is 1. The Hall–Kier alpha value is -1.87. The summed E-state index contributed by atoms with van der Waals surface area (Å²) in [5.74, 6) is -0.583. The van der Waals surface area contributed by atoms with Gasteiger partial charge in [-0.1, -0.05) is 11.8 Å². The van der Waals surface area contributed by atoms with Gasteiger partial charge in [0.25, 0.3) is 5.91 Å². The van der Waals surface area contributed by atoms with Gasteiger partial charge >= 0.3 is 0 Å². The maximum absolute atomic E-state index is 11.8. The molecule has 2 rings (SSSR count). The summed E-state index contributed by atoms with van der Waals surface area (Å²) in [7, 11) is 0. The summed E-state index contributed by atoms with van der Waals surface area (Å²) in [6, 6.07) is 1.59. The molecule has 3 N–H and O–H groups in total. The van der Waals surface area contributed by atoms with Crippen molar-refractivity contribution >= 4 is 39.9 Å². The van der Waals surface area contributed by atoms with Crippen LogP contribution < -0.4 is 11.1 Å². The van der Waals surface area contributed by atoms with Crippen LogP contribution in [-0.2, 0) is 11.3 Å². The van der Waals surface area contributed by atoms with Crippen LogP contribution in [0.15, 0.2) is 22.9 Å². The molecule has 0 aliphatic heterocycles. The molecule has 0 radical (unpaired) electrons. The van der Waals surface area contributed by atoms with Crippen LogP contribution in [-0.4, -0.2) is 32.3 Å². The summed E-state index contributed by atoms with van der Waals surface area (Å²) in [5, 5.41) is 13.2. The number of carbonyl (C=O) groups is 2. The number of thiophene rings is 1. The van der Waals surface area contributed by atoms with E-state index in [4.69, 9.17) is 5.73 Å². The SMILES string of the molecule is CCn1cnnc1SCC(=O)Nc1sccc1C(N)=O. The molecule has 2 aromatic rings. The number of nitrogens with zero attached hydrogens (tertiary/aromatic N) is 3. The number of nitrogens with two attached hydrogens (primary N) is 1. The van der Waals surface area contributed by atoms with Gasteiger partial charge in [-0.15, -0.1) is 21.5 Å². The van der Waals surface area contributed by atoms with Crippen LogP contribution in [0.1, 0.15) is 17.3 Å². The second kappa shape index (κ2) is 6.53. The van der Waals surface area contributed by atoms with Crippen molar-refractivity contribution in [3.63, 3.8) is 0 Å². The molecule has 0 saturated heterocycles. The van der Waals surface area contributed by atoms with Gasteiger partial charge in [0.15, 0.2) is 5.16 Å². The molecule has 106 valence electrons. The van der Waals surface area contributed by atoms with E-state index in [0.29, 0.717) is 15.7 Å². The molecule has 0 aliphatic carbocycles. The highest BCUT2D eigenvalue weighted by Gasteiger charge is 2.13. The van der Waals surface area contributed by atoms with Crippen LogP contribution in [0.3, 0.4) is 0 Å². The minimum atomic E-state index is -0.556. The molecule has 0 atom stereocenters.